The van der Waals surface area contributed by atoms with E-state index in [4.69, 9.17) is 5.73 Å². The quantitative estimate of drug-likeness (QED) is 0.823. The van der Waals surface area contributed by atoms with Crippen LogP contribution in [0.2, 0.25) is 0 Å². The SMILES string of the molecule is CC(C(=O)NC(C)(CN)C1CC1)n1nnc(-c2ccccc2)n1.Cl. The van der Waals surface area contributed by atoms with Gasteiger partial charge in [0.2, 0.25) is 11.7 Å². The predicted molar refractivity (Wildman–Crippen MR) is 93.5 cm³/mol. The number of benzene rings is 1. The molecule has 1 fully saturated rings. The van der Waals surface area contributed by atoms with Gasteiger partial charge in [-0.3, -0.25) is 4.79 Å². The van der Waals surface area contributed by atoms with Crippen molar-refractivity contribution in [3.8, 4) is 11.4 Å². The molecule has 0 aliphatic heterocycles. The average Bonchev–Trinajstić information content (AvgIpc) is 3.33. The summed E-state index contributed by atoms with van der Waals surface area (Å²) in [6, 6.07) is 9.03. The van der Waals surface area contributed by atoms with E-state index in [2.05, 4.69) is 20.7 Å². The minimum Gasteiger partial charge on any atom is -0.347 e. The van der Waals surface area contributed by atoms with Gasteiger partial charge in [0.25, 0.3) is 0 Å². The van der Waals surface area contributed by atoms with Gasteiger partial charge in [0.1, 0.15) is 6.04 Å². The van der Waals surface area contributed by atoms with Crippen LogP contribution in [0, 0.1) is 5.92 Å². The third-order valence-corrected chi connectivity index (χ3v) is 4.50. The number of aromatic nitrogens is 4. The molecule has 1 aromatic heterocycles. The molecular formula is C16H23ClN6O. The molecule has 2 aromatic rings. The van der Waals surface area contributed by atoms with Crippen LogP contribution in [0.3, 0.4) is 0 Å². The Morgan fingerprint density at radius 2 is 2.08 bits per heavy atom. The second kappa shape index (κ2) is 7.27. The Bertz CT molecular complexity index is 687. The van der Waals surface area contributed by atoms with Crippen molar-refractivity contribution in [2.24, 2.45) is 11.7 Å². The third-order valence-electron chi connectivity index (χ3n) is 4.50. The maximum Gasteiger partial charge on any atom is 0.246 e. The largest absolute Gasteiger partial charge is 0.347 e. The number of hydrogen-bond acceptors (Lipinski definition) is 5. The smallest absolute Gasteiger partial charge is 0.246 e. The zero-order chi connectivity index (χ0) is 16.4. The molecule has 0 bridgehead atoms. The van der Waals surface area contributed by atoms with Crippen LogP contribution in [0.15, 0.2) is 30.3 Å². The molecule has 3 rings (SSSR count). The van der Waals surface area contributed by atoms with Gasteiger partial charge in [-0.05, 0) is 37.8 Å². The Morgan fingerprint density at radius 1 is 1.42 bits per heavy atom. The highest BCUT2D eigenvalue weighted by molar-refractivity contribution is 5.85. The fourth-order valence-corrected chi connectivity index (χ4v) is 2.62. The molecule has 1 saturated carbocycles. The van der Waals surface area contributed by atoms with Gasteiger partial charge in [-0.2, -0.15) is 4.80 Å². The highest BCUT2D eigenvalue weighted by Crippen LogP contribution is 2.39. The molecule has 1 aromatic carbocycles. The van der Waals surface area contributed by atoms with Crippen molar-refractivity contribution in [1.29, 1.82) is 0 Å². The lowest BCUT2D eigenvalue weighted by molar-refractivity contribution is -0.126. The summed E-state index contributed by atoms with van der Waals surface area (Å²) in [6.07, 6.45) is 2.23. The molecule has 24 heavy (non-hydrogen) atoms. The summed E-state index contributed by atoms with van der Waals surface area (Å²) < 4.78 is 0. The van der Waals surface area contributed by atoms with Crippen LogP contribution in [0.4, 0.5) is 0 Å². The number of rotatable bonds is 6. The number of nitrogens with two attached hydrogens (primary N) is 1. The fourth-order valence-electron chi connectivity index (χ4n) is 2.62. The zero-order valence-corrected chi connectivity index (χ0v) is 14.7. The first kappa shape index (κ1) is 18.4. The van der Waals surface area contributed by atoms with Gasteiger partial charge < -0.3 is 11.1 Å². The lowest BCUT2D eigenvalue weighted by Gasteiger charge is -2.30. The molecule has 0 saturated heterocycles. The second-order valence-electron chi connectivity index (χ2n) is 6.36. The molecule has 0 spiro atoms. The van der Waals surface area contributed by atoms with Gasteiger partial charge in [0, 0.05) is 12.1 Å². The molecule has 8 heteroatoms. The van der Waals surface area contributed by atoms with Crippen LogP contribution in [-0.4, -0.2) is 38.2 Å². The first-order chi connectivity index (χ1) is 11.0. The predicted octanol–water partition coefficient (Wildman–Crippen LogP) is 1.57. The normalized spacial score (nSPS) is 17.5. The van der Waals surface area contributed by atoms with E-state index in [-0.39, 0.29) is 23.9 Å². The average molecular weight is 351 g/mol. The molecule has 1 aliphatic carbocycles. The van der Waals surface area contributed by atoms with Crippen molar-refractivity contribution in [2.45, 2.75) is 38.3 Å². The maximum absolute atomic E-state index is 12.5. The van der Waals surface area contributed by atoms with E-state index in [1.54, 1.807) is 6.92 Å². The van der Waals surface area contributed by atoms with Gasteiger partial charge in [-0.1, -0.05) is 30.3 Å². The Balaban J connectivity index is 0.00000208. The molecule has 130 valence electrons. The van der Waals surface area contributed by atoms with Crippen LogP contribution in [-0.2, 0) is 4.79 Å². The molecule has 1 aliphatic rings. The Labute approximate surface area is 147 Å². The summed E-state index contributed by atoms with van der Waals surface area (Å²) in [5.74, 6) is 0.836. The molecule has 0 radical (unpaired) electrons. The van der Waals surface area contributed by atoms with E-state index < -0.39 is 6.04 Å². The van der Waals surface area contributed by atoms with E-state index in [1.165, 1.54) is 4.80 Å². The van der Waals surface area contributed by atoms with Crippen molar-refractivity contribution in [1.82, 2.24) is 25.5 Å². The number of halogens is 1. The van der Waals surface area contributed by atoms with E-state index in [0.29, 0.717) is 18.3 Å². The highest BCUT2D eigenvalue weighted by atomic mass is 35.5. The molecule has 7 nitrogen and oxygen atoms in total. The summed E-state index contributed by atoms with van der Waals surface area (Å²) in [5, 5.41) is 15.4. The van der Waals surface area contributed by atoms with Gasteiger partial charge >= 0.3 is 0 Å². The van der Waals surface area contributed by atoms with Crippen molar-refractivity contribution >= 4 is 18.3 Å². The van der Waals surface area contributed by atoms with Crippen molar-refractivity contribution < 1.29 is 4.79 Å². The van der Waals surface area contributed by atoms with Crippen LogP contribution in [0.1, 0.15) is 32.7 Å². The third kappa shape index (κ3) is 3.73. The van der Waals surface area contributed by atoms with Crippen molar-refractivity contribution in [3.05, 3.63) is 30.3 Å². The van der Waals surface area contributed by atoms with Gasteiger partial charge in [-0.25, -0.2) is 0 Å². The van der Waals surface area contributed by atoms with E-state index >= 15 is 0 Å². The number of nitrogens with one attached hydrogen (secondary N) is 1. The van der Waals surface area contributed by atoms with Crippen LogP contribution in [0.25, 0.3) is 11.4 Å². The van der Waals surface area contributed by atoms with E-state index in [9.17, 15) is 4.79 Å². The Hall–Kier alpha value is -1.99. The first-order valence-corrected chi connectivity index (χ1v) is 7.90. The van der Waals surface area contributed by atoms with Gasteiger partial charge in [-0.15, -0.1) is 22.6 Å². The van der Waals surface area contributed by atoms with Crippen LogP contribution in [0.5, 0.6) is 0 Å². The number of carbonyl (C=O) groups is 1. The summed E-state index contributed by atoms with van der Waals surface area (Å²) in [4.78, 5) is 13.8. The molecular weight excluding hydrogens is 328 g/mol. The Kier molecular flexibility index (Phi) is 5.56. The molecule has 2 atom stereocenters. The van der Waals surface area contributed by atoms with Crippen LogP contribution >= 0.6 is 12.4 Å². The lowest BCUT2D eigenvalue weighted by atomic mass is 9.95. The van der Waals surface area contributed by atoms with E-state index in [1.807, 2.05) is 37.3 Å². The van der Waals surface area contributed by atoms with Crippen LogP contribution < -0.4 is 11.1 Å². The maximum atomic E-state index is 12.5. The summed E-state index contributed by atoms with van der Waals surface area (Å²) in [6.45, 7) is 4.19. The minimum atomic E-state index is -0.537. The number of nitrogens with zero attached hydrogens (tertiary/aromatic N) is 4. The number of amides is 1. The first-order valence-electron chi connectivity index (χ1n) is 7.90. The topological polar surface area (TPSA) is 98.7 Å². The summed E-state index contributed by atoms with van der Waals surface area (Å²) >= 11 is 0. The van der Waals surface area contributed by atoms with E-state index in [0.717, 1.165) is 18.4 Å². The number of carbonyl (C=O) groups excluding carboxylic acids is 1. The molecule has 3 N–H and O–H groups in total. The Morgan fingerprint density at radius 3 is 2.67 bits per heavy atom. The highest BCUT2D eigenvalue weighted by Gasteiger charge is 2.42. The van der Waals surface area contributed by atoms with Gasteiger partial charge in [0.05, 0.1) is 5.54 Å². The molecule has 2 unspecified atom stereocenters. The minimum absolute atomic E-state index is 0. The molecule has 1 amide bonds. The zero-order valence-electron chi connectivity index (χ0n) is 13.8. The monoisotopic (exact) mass is 350 g/mol. The number of tetrazole rings is 1. The fraction of sp³-hybridized carbons (Fsp3) is 0.500. The van der Waals surface area contributed by atoms with Gasteiger partial charge in [0.15, 0.2) is 0 Å². The van der Waals surface area contributed by atoms with Crippen molar-refractivity contribution in [3.63, 3.8) is 0 Å². The summed E-state index contributed by atoms with van der Waals surface area (Å²) in [5.41, 5.74) is 6.37. The van der Waals surface area contributed by atoms with Crippen molar-refractivity contribution in [2.75, 3.05) is 6.54 Å². The molecule has 1 heterocycles. The lowest BCUT2D eigenvalue weighted by Crippen LogP contribution is -2.54. The standard InChI is InChI=1S/C16H22N6O.ClH/c1-11(15(23)18-16(2,10-17)13-8-9-13)22-20-14(19-21-22)12-6-4-3-5-7-12;/h3-7,11,13H,8-10,17H2,1-2H3,(H,18,23);1H. The summed E-state index contributed by atoms with van der Waals surface area (Å²) in [7, 11) is 0. The second-order valence-corrected chi connectivity index (χ2v) is 6.36. The number of hydrogen-bond donors (Lipinski definition) is 2.